The van der Waals surface area contributed by atoms with Gasteiger partial charge in [0.25, 0.3) is 0 Å². The summed E-state index contributed by atoms with van der Waals surface area (Å²) in [7, 11) is -1.65. The zero-order valence-corrected chi connectivity index (χ0v) is 22.1. The molecule has 1 aromatic heterocycles. The summed E-state index contributed by atoms with van der Waals surface area (Å²) in [6.07, 6.45) is 5.96. The number of amides is 1. The summed E-state index contributed by atoms with van der Waals surface area (Å²) in [6.45, 7) is 4.26. The number of piperidine rings is 1. The van der Waals surface area contributed by atoms with Crippen LogP contribution in [0.1, 0.15) is 39.0 Å². The first kappa shape index (κ1) is 25.1. The lowest BCUT2D eigenvalue weighted by molar-refractivity contribution is -0.130. The summed E-state index contributed by atoms with van der Waals surface area (Å²) in [5.74, 6) is -0.227. The summed E-state index contributed by atoms with van der Waals surface area (Å²) in [5.41, 5.74) is 0. The van der Waals surface area contributed by atoms with Crippen LogP contribution in [0.15, 0.2) is 52.5 Å². The van der Waals surface area contributed by atoms with Crippen molar-refractivity contribution in [2.75, 3.05) is 25.4 Å². The highest BCUT2D eigenvalue weighted by Crippen LogP contribution is 2.33. The number of fused-ring (bicyclic) bond motifs is 1. The molecular weight excluding hydrogens is 490 g/mol. The number of halogens is 1. The summed E-state index contributed by atoms with van der Waals surface area (Å²) in [6, 6.07) is 10.4. The molecule has 0 saturated carbocycles. The molecule has 34 heavy (non-hydrogen) atoms. The lowest BCUT2D eigenvalue weighted by atomic mass is 10.1. The molecule has 0 unspecified atom stereocenters. The van der Waals surface area contributed by atoms with Crippen LogP contribution in [0.4, 0.5) is 5.00 Å². The smallest absolute Gasteiger partial charge is 0.320 e. The third kappa shape index (κ3) is 5.15. The van der Waals surface area contributed by atoms with Crippen LogP contribution < -0.4 is 9.28 Å². The minimum atomic E-state index is -3.60. The van der Waals surface area contributed by atoms with Gasteiger partial charge in [-0.1, -0.05) is 30.7 Å². The number of hydrogen-bond acceptors (Lipinski definition) is 5. The SMILES string of the molecule is CCCN=c1sc([N+]2(C(=O)CCS(=O)(=O)c3ccc4cc(Cl)ccc4c3)CCCCC2)cn1C. The highest BCUT2D eigenvalue weighted by Gasteiger charge is 2.42. The van der Waals surface area contributed by atoms with Crippen molar-refractivity contribution in [2.24, 2.45) is 12.0 Å². The number of sulfone groups is 1. The normalized spacial score (nSPS) is 16.7. The van der Waals surface area contributed by atoms with E-state index in [0.717, 1.165) is 52.8 Å². The fourth-order valence-electron chi connectivity index (χ4n) is 4.55. The quantitative estimate of drug-likeness (QED) is 0.408. The number of likely N-dealkylation sites (tertiary alicyclic amines) is 1. The molecule has 0 aliphatic carbocycles. The molecular formula is C25H31ClN3O3S2+. The molecule has 3 aromatic rings. The highest BCUT2D eigenvalue weighted by molar-refractivity contribution is 7.91. The van der Waals surface area contributed by atoms with E-state index in [-0.39, 0.29) is 27.5 Å². The van der Waals surface area contributed by atoms with Crippen molar-refractivity contribution in [3.05, 3.63) is 52.4 Å². The van der Waals surface area contributed by atoms with E-state index in [0.29, 0.717) is 18.1 Å². The number of quaternary nitrogens is 1. The molecule has 2 aromatic carbocycles. The summed E-state index contributed by atoms with van der Waals surface area (Å²) in [5, 5.41) is 3.26. The van der Waals surface area contributed by atoms with Gasteiger partial charge in [-0.15, -0.1) is 0 Å². The average Bonchev–Trinajstić information content (AvgIpc) is 3.22. The fourth-order valence-corrected chi connectivity index (χ4v) is 7.20. The average molecular weight is 521 g/mol. The molecule has 1 aliphatic heterocycles. The van der Waals surface area contributed by atoms with Crippen LogP contribution in [0.5, 0.6) is 0 Å². The van der Waals surface area contributed by atoms with Crippen LogP contribution in [0.3, 0.4) is 0 Å². The van der Waals surface area contributed by atoms with Gasteiger partial charge in [0.15, 0.2) is 14.6 Å². The van der Waals surface area contributed by atoms with Gasteiger partial charge in [0.05, 0.1) is 36.4 Å². The molecule has 1 amide bonds. The van der Waals surface area contributed by atoms with E-state index in [9.17, 15) is 13.2 Å². The lowest BCUT2D eigenvalue weighted by Gasteiger charge is -2.36. The van der Waals surface area contributed by atoms with Crippen molar-refractivity contribution < 1.29 is 13.2 Å². The van der Waals surface area contributed by atoms with Gasteiger partial charge < -0.3 is 4.57 Å². The van der Waals surface area contributed by atoms with Gasteiger partial charge in [0, 0.05) is 18.6 Å². The van der Waals surface area contributed by atoms with Gasteiger partial charge in [-0.05, 0) is 72.1 Å². The van der Waals surface area contributed by atoms with Crippen molar-refractivity contribution in [1.29, 1.82) is 0 Å². The van der Waals surface area contributed by atoms with Crippen molar-refractivity contribution in [3.63, 3.8) is 0 Å². The maximum absolute atomic E-state index is 13.6. The third-order valence-electron chi connectivity index (χ3n) is 6.47. The van der Waals surface area contributed by atoms with Crippen molar-refractivity contribution in [1.82, 2.24) is 9.05 Å². The van der Waals surface area contributed by atoms with Crippen LogP contribution in [-0.4, -0.2) is 44.3 Å². The van der Waals surface area contributed by atoms with E-state index in [1.54, 1.807) is 35.6 Å². The Morgan fingerprint density at radius 2 is 1.82 bits per heavy atom. The topological polar surface area (TPSA) is 68.5 Å². The van der Waals surface area contributed by atoms with Crippen molar-refractivity contribution >= 4 is 54.5 Å². The molecule has 1 saturated heterocycles. The van der Waals surface area contributed by atoms with Gasteiger partial charge in [-0.25, -0.2) is 17.7 Å². The monoisotopic (exact) mass is 520 g/mol. The van der Waals surface area contributed by atoms with E-state index in [4.69, 9.17) is 11.6 Å². The molecule has 0 radical (unpaired) electrons. The zero-order chi connectivity index (χ0) is 24.3. The minimum absolute atomic E-state index is 0.00988. The highest BCUT2D eigenvalue weighted by atomic mass is 35.5. The Kier molecular flexibility index (Phi) is 7.62. The molecule has 0 N–H and O–H groups in total. The predicted octanol–water partition coefficient (Wildman–Crippen LogP) is 5.09. The number of rotatable bonds is 7. The van der Waals surface area contributed by atoms with Crippen LogP contribution in [0, 0.1) is 0 Å². The Hall–Kier alpha value is -2.00. The maximum atomic E-state index is 13.6. The Bertz CT molecular complexity index is 1370. The van der Waals surface area contributed by atoms with Crippen LogP contribution in [0.25, 0.3) is 10.8 Å². The zero-order valence-electron chi connectivity index (χ0n) is 19.7. The number of carbonyl (C=O) groups excluding carboxylic acids is 1. The van der Waals surface area contributed by atoms with E-state index in [2.05, 4.69) is 11.9 Å². The molecule has 2 heterocycles. The van der Waals surface area contributed by atoms with Gasteiger partial charge in [0.1, 0.15) is 0 Å². The number of benzene rings is 2. The summed E-state index contributed by atoms with van der Waals surface area (Å²) in [4.78, 5) is 19.4. The molecule has 4 rings (SSSR count). The van der Waals surface area contributed by atoms with Crippen LogP contribution in [0.2, 0.25) is 5.02 Å². The van der Waals surface area contributed by atoms with Crippen LogP contribution in [-0.2, 0) is 21.7 Å². The second-order valence-corrected chi connectivity index (χ2v) is 12.5. The van der Waals surface area contributed by atoms with E-state index >= 15 is 0 Å². The third-order valence-corrected chi connectivity index (χ3v) is 9.68. The van der Waals surface area contributed by atoms with E-state index < -0.39 is 9.84 Å². The number of aryl methyl sites for hydroxylation is 1. The largest absolute Gasteiger partial charge is 0.321 e. The summed E-state index contributed by atoms with van der Waals surface area (Å²) >= 11 is 7.60. The molecule has 1 aliphatic rings. The van der Waals surface area contributed by atoms with Gasteiger partial charge in [-0.2, -0.15) is 0 Å². The van der Waals surface area contributed by atoms with Crippen LogP contribution >= 0.6 is 22.9 Å². The first-order chi connectivity index (χ1) is 16.2. The molecule has 0 atom stereocenters. The first-order valence-corrected chi connectivity index (χ1v) is 14.6. The number of hydrogen-bond donors (Lipinski definition) is 0. The fraction of sp³-hybridized carbons (Fsp3) is 0.440. The first-order valence-electron chi connectivity index (χ1n) is 11.8. The number of nitrogens with zero attached hydrogens (tertiary/aromatic N) is 3. The molecule has 1 fully saturated rings. The van der Waals surface area contributed by atoms with Gasteiger partial charge in [-0.3, -0.25) is 4.99 Å². The molecule has 9 heteroatoms. The van der Waals surface area contributed by atoms with Crippen molar-refractivity contribution in [3.8, 4) is 0 Å². The second-order valence-electron chi connectivity index (χ2n) is 8.94. The molecule has 6 nitrogen and oxygen atoms in total. The second kappa shape index (κ2) is 10.3. The maximum Gasteiger partial charge on any atom is 0.320 e. The Morgan fingerprint density at radius 1 is 1.12 bits per heavy atom. The lowest BCUT2D eigenvalue weighted by Crippen LogP contribution is -2.57. The number of carbonyl (C=O) groups is 1. The van der Waals surface area contributed by atoms with Crippen molar-refractivity contribution in [2.45, 2.75) is 43.9 Å². The van der Waals surface area contributed by atoms with Gasteiger partial charge in [0.2, 0.25) is 5.00 Å². The van der Waals surface area contributed by atoms with E-state index in [1.807, 2.05) is 29.9 Å². The predicted molar refractivity (Wildman–Crippen MR) is 140 cm³/mol. The minimum Gasteiger partial charge on any atom is -0.321 e. The standard InChI is InChI=1S/C25H31ClN3O3S2/c1-3-12-27-25-28(2)18-24(33-25)29(13-5-4-6-14-29)23(30)11-15-34(31,32)22-10-8-19-16-21(26)9-7-20(19)17-22/h7-10,16-18H,3-6,11-15H2,1-2H3/q+1. The number of aromatic nitrogens is 1. The molecule has 0 spiro atoms. The Balaban J connectivity index is 1.58. The Labute approximate surface area is 210 Å². The molecule has 182 valence electrons. The summed E-state index contributed by atoms with van der Waals surface area (Å²) < 4.78 is 28.5. The molecule has 0 bridgehead atoms. The van der Waals surface area contributed by atoms with Gasteiger partial charge >= 0.3 is 5.91 Å². The number of thiazole rings is 1. The van der Waals surface area contributed by atoms with E-state index in [1.165, 1.54) is 0 Å². The Morgan fingerprint density at radius 3 is 2.56 bits per heavy atom.